The summed E-state index contributed by atoms with van der Waals surface area (Å²) in [6.07, 6.45) is 6.10. The Morgan fingerprint density at radius 3 is 1.92 bits per heavy atom. The molecular weight excluding hydrogens is 623 g/mol. The van der Waals surface area contributed by atoms with Crippen molar-refractivity contribution in [3.63, 3.8) is 0 Å². The molecule has 4 heteroatoms. The highest BCUT2D eigenvalue weighted by atomic mass is 16.3. The quantitative estimate of drug-likeness (QED) is 0.137. The molecular formula is C47H31N3O. The molecule has 10 aromatic rings. The van der Waals surface area contributed by atoms with Gasteiger partial charge in [0.15, 0.2) is 17.5 Å². The minimum absolute atomic E-state index is 0.649. The zero-order valence-electron chi connectivity index (χ0n) is 28.2. The topological polar surface area (TPSA) is 51.8 Å². The number of allylic oxidation sites excluding steroid dienone is 4. The molecule has 8 aromatic carbocycles. The molecule has 51 heavy (non-hydrogen) atoms. The van der Waals surface area contributed by atoms with Gasteiger partial charge in [0.1, 0.15) is 11.2 Å². The highest BCUT2D eigenvalue weighted by Gasteiger charge is 2.20. The molecule has 240 valence electrons. The van der Waals surface area contributed by atoms with Crippen molar-refractivity contribution in [2.75, 3.05) is 0 Å². The number of nitrogens with zero attached hydrogens (tertiary/aromatic N) is 3. The Bertz CT molecular complexity index is 3040. The first-order valence-corrected chi connectivity index (χ1v) is 17.4. The van der Waals surface area contributed by atoms with E-state index in [1.807, 2.05) is 62.4 Å². The van der Waals surface area contributed by atoms with E-state index in [4.69, 9.17) is 19.4 Å². The van der Waals surface area contributed by atoms with Crippen molar-refractivity contribution in [2.24, 2.45) is 0 Å². The lowest BCUT2D eigenvalue weighted by Gasteiger charge is -2.15. The molecule has 0 saturated heterocycles. The van der Waals surface area contributed by atoms with Crippen molar-refractivity contribution in [1.29, 1.82) is 0 Å². The van der Waals surface area contributed by atoms with E-state index in [-0.39, 0.29) is 0 Å². The van der Waals surface area contributed by atoms with E-state index in [1.165, 1.54) is 43.1 Å². The van der Waals surface area contributed by atoms with Crippen molar-refractivity contribution in [3.05, 3.63) is 158 Å². The summed E-state index contributed by atoms with van der Waals surface area (Å²) < 4.78 is 6.34. The summed E-state index contributed by atoms with van der Waals surface area (Å²) in [6, 6.07) is 47.3. The third-order valence-corrected chi connectivity index (χ3v) is 10.2. The van der Waals surface area contributed by atoms with Crippen LogP contribution in [0.3, 0.4) is 0 Å². The van der Waals surface area contributed by atoms with Crippen molar-refractivity contribution in [3.8, 4) is 33.9 Å². The van der Waals surface area contributed by atoms with Crippen LogP contribution < -0.4 is 0 Å². The third kappa shape index (κ3) is 4.50. The van der Waals surface area contributed by atoms with Gasteiger partial charge in [0.05, 0.1) is 0 Å². The van der Waals surface area contributed by atoms with Crippen LogP contribution in [0.2, 0.25) is 0 Å². The van der Waals surface area contributed by atoms with E-state index in [1.54, 1.807) is 0 Å². The van der Waals surface area contributed by atoms with Crippen molar-refractivity contribution >= 4 is 70.6 Å². The van der Waals surface area contributed by atoms with Gasteiger partial charge >= 0.3 is 0 Å². The highest BCUT2D eigenvalue weighted by molar-refractivity contribution is 6.37. The monoisotopic (exact) mass is 653 g/mol. The molecule has 0 aliphatic rings. The van der Waals surface area contributed by atoms with E-state index in [9.17, 15) is 0 Å². The maximum atomic E-state index is 6.34. The number of hydrogen-bond acceptors (Lipinski definition) is 4. The molecule has 10 rings (SSSR count). The van der Waals surface area contributed by atoms with Gasteiger partial charge in [-0.3, -0.25) is 0 Å². The van der Waals surface area contributed by atoms with Crippen LogP contribution in [0.4, 0.5) is 0 Å². The predicted molar refractivity (Wildman–Crippen MR) is 213 cm³/mol. The molecule has 4 nitrogen and oxygen atoms in total. The number of aromatic nitrogens is 3. The average Bonchev–Trinajstić information content (AvgIpc) is 3.58. The van der Waals surface area contributed by atoms with Gasteiger partial charge < -0.3 is 4.42 Å². The number of fused-ring (bicyclic) bond motifs is 6. The zero-order valence-corrected chi connectivity index (χ0v) is 28.2. The molecule has 0 fully saturated rings. The highest BCUT2D eigenvalue weighted by Crippen LogP contribution is 2.45. The molecule has 0 aliphatic heterocycles. The Morgan fingerprint density at radius 2 is 1.14 bits per heavy atom. The van der Waals surface area contributed by atoms with E-state index < -0.39 is 0 Å². The maximum Gasteiger partial charge on any atom is 0.164 e. The first-order valence-electron chi connectivity index (χ1n) is 17.4. The van der Waals surface area contributed by atoms with Gasteiger partial charge in [-0.2, -0.15) is 0 Å². The number of benzene rings is 8. The SMILES string of the molecule is C/C=C\C(=C/C)c1nc(-c2ccccc2)nc(-c2ccc(-c3ccc4ccc5c6cccc7oc8cccc(c5c4c3)c8c76)c3ccccc23)n1. The van der Waals surface area contributed by atoms with Crippen molar-refractivity contribution in [1.82, 2.24) is 15.0 Å². The summed E-state index contributed by atoms with van der Waals surface area (Å²) >= 11 is 0. The molecule has 0 N–H and O–H groups in total. The molecule has 0 spiro atoms. The summed E-state index contributed by atoms with van der Waals surface area (Å²) in [7, 11) is 0. The summed E-state index contributed by atoms with van der Waals surface area (Å²) in [5.74, 6) is 1.95. The Balaban J connectivity index is 1.20. The number of hydrogen-bond donors (Lipinski definition) is 0. The fraction of sp³-hybridized carbons (Fsp3) is 0.0426. The van der Waals surface area contributed by atoms with E-state index in [0.717, 1.165) is 49.8 Å². The standard InChI is InChI=1S/C47H31N3O/c1-3-12-28(4-2)45-48-46(30-13-6-5-7-14-30)50-47(49-45)37-26-25-32(33-15-8-9-16-34(33)37)31-22-21-29-23-24-36-35-17-10-19-40-43(35)44-38(42(36)39(29)27-31)18-11-20-41(44)51-40/h3-27H,1-2H3/b12-3-,28-4+. The minimum Gasteiger partial charge on any atom is -0.456 e. The van der Waals surface area contributed by atoms with Gasteiger partial charge in [-0.15, -0.1) is 0 Å². The molecule has 0 amide bonds. The summed E-state index contributed by atoms with van der Waals surface area (Å²) in [4.78, 5) is 15.0. The van der Waals surface area contributed by atoms with Crippen LogP contribution in [0.1, 0.15) is 19.7 Å². The molecule has 0 bridgehead atoms. The lowest BCUT2D eigenvalue weighted by molar-refractivity contribution is 0.669. The second-order valence-electron chi connectivity index (χ2n) is 13.0. The van der Waals surface area contributed by atoms with Crippen molar-refractivity contribution < 1.29 is 4.42 Å². The second kappa shape index (κ2) is 11.5. The van der Waals surface area contributed by atoms with Crippen LogP contribution in [0, 0.1) is 0 Å². The summed E-state index contributed by atoms with van der Waals surface area (Å²) in [5.41, 5.74) is 7.06. The Labute approximate surface area is 294 Å². The fourth-order valence-corrected chi connectivity index (χ4v) is 7.87. The van der Waals surface area contributed by atoms with Gasteiger partial charge in [0, 0.05) is 27.5 Å². The largest absolute Gasteiger partial charge is 0.456 e. The van der Waals surface area contributed by atoms with Gasteiger partial charge in [-0.1, -0.05) is 127 Å². The van der Waals surface area contributed by atoms with Crippen LogP contribution >= 0.6 is 0 Å². The molecule has 2 aromatic heterocycles. The van der Waals surface area contributed by atoms with Crippen LogP contribution in [0.15, 0.2) is 156 Å². The van der Waals surface area contributed by atoms with Crippen LogP contribution in [-0.4, -0.2) is 15.0 Å². The summed E-state index contributed by atoms with van der Waals surface area (Å²) in [6.45, 7) is 4.02. The maximum absolute atomic E-state index is 6.34. The van der Waals surface area contributed by atoms with Crippen LogP contribution in [-0.2, 0) is 0 Å². The van der Waals surface area contributed by atoms with Crippen LogP contribution in [0.5, 0.6) is 0 Å². The third-order valence-electron chi connectivity index (χ3n) is 10.2. The molecule has 2 heterocycles. The predicted octanol–water partition coefficient (Wildman–Crippen LogP) is 12.8. The first-order chi connectivity index (χ1) is 25.2. The Morgan fingerprint density at radius 1 is 0.490 bits per heavy atom. The fourth-order valence-electron chi connectivity index (χ4n) is 7.87. The summed E-state index contributed by atoms with van der Waals surface area (Å²) in [5, 5.41) is 12.0. The Hall–Kier alpha value is -6.65. The lowest BCUT2D eigenvalue weighted by Crippen LogP contribution is -2.02. The van der Waals surface area contributed by atoms with E-state index >= 15 is 0 Å². The van der Waals surface area contributed by atoms with Gasteiger partial charge in [0.25, 0.3) is 0 Å². The first kappa shape index (κ1) is 29.3. The van der Waals surface area contributed by atoms with E-state index in [2.05, 4.69) is 103 Å². The van der Waals surface area contributed by atoms with Crippen molar-refractivity contribution in [2.45, 2.75) is 13.8 Å². The van der Waals surface area contributed by atoms with Gasteiger partial charge in [0.2, 0.25) is 0 Å². The Kier molecular flexibility index (Phi) is 6.58. The number of rotatable bonds is 5. The normalized spacial score (nSPS) is 12.5. The molecule has 0 radical (unpaired) electrons. The van der Waals surface area contributed by atoms with E-state index in [0.29, 0.717) is 17.5 Å². The lowest BCUT2D eigenvalue weighted by atomic mass is 9.89. The molecule has 0 aliphatic carbocycles. The zero-order chi connectivity index (χ0) is 34.1. The van der Waals surface area contributed by atoms with Crippen LogP contribution in [0.25, 0.3) is 105 Å². The average molecular weight is 654 g/mol. The second-order valence-corrected chi connectivity index (χ2v) is 13.0. The number of furan rings is 1. The molecule has 0 saturated carbocycles. The van der Waals surface area contributed by atoms with Gasteiger partial charge in [-0.05, 0) is 92.3 Å². The smallest absolute Gasteiger partial charge is 0.164 e. The minimum atomic E-state index is 0.649. The molecule has 0 atom stereocenters. The van der Waals surface area contributed by atoms with Gasteiger partial charge in [-0.25, -0.2) is 15.0 Å². The molecule has 0 unspecified atom stereocenters.